The molecule has 0 aromatic carbocycles. The van der Waals surface area contributed by atoms with Gasteiger partial charge in [-0.2, -0.15) is 0 Å². The maximum Gasteiger partial charge on any atom is 0.307 e. The Morgan fingerprint density at radius 2 is 1.88 bits per heavy atom. The van der Waals surface area contributed by atoms with Crippen molar-refractivity contribution in [3.05, 3.63) is 20.2 Å². The van der Waals surface area contributed by atoms with Gasteiger partial charge in [-0.25, -0.2) is 0 Å². The van der Waals surface area contributed by atoms with Gasteiger partial charge in [-0.1, -0.05) is 11.3 Å². The Morgan fingerprint density at radius 3 is 2.38 bits per heavy atom. The van der Waals surface area contributed by atoms with Crippen molar-refractivity contribution in [1.29, 1.82) is 0 Å². The highest BCUT2D eigenvalue weighted by Gasteiger charge is 2.22. The SMILES string of the molecule is Cc1c(C(=O)N2CCCCC2)sc(=O)n1C. The van der Waals surface area contributed by atoms with Crippen LogP contribution in [0.3, 0.4) is 0 Å². The summed E-state index contributed by atoms with van der Waals surface area (Å²) in [4.78, 5) is 26.0. The van der Waals surface area contributed by atoms with E-state index in [4.69, 9.17) is 0 Å². The molecule has 0 spiro atoms. The first-order chi connectivity index (χ1) is 7.61. The zero-order valence-electron chi connectivity index (χ0n) is 9.65. The van der Waals surface area contributed by atoms with Crippen LogP contribution in [0.5, 0.6) is 0 Å². The first-order valence-electron chi connectivity index (χ1n) is 5.57. The molecule has 0 saturated carbocycles. The first kappa shape index (κ1) is 11.4. The Bertz CT molecular complexity index is 455. The van der Waals surface area contributed by atoms with Crippen molar-refractivity contribution in [2.45, 2.75) is 26.2 Å². The number of piperidine rings is 1. The quantitative estimate of drug-likeness (QED) is 0.744. The van der Waals surface area contributed by atoms with Gasteiger partial charge in [0.25, 0.3) is 5.91 Å². The van der Waals surface area contributed by atoms with Gasteiger partial charge in [0.2, 0.25) is 0 Å². The summed E-state index contributed by atoms with van der Waals surface area (Å²) in [5.74, 6) is 0.0277. The molecule has 0 atom stereocenters. The molecule has 0 unspecified atom stereocenters. The highest BCUT2D eigenvalue weighted by Crippen LogP contribution is 2.17. The van der Waals surface area contributed by atoms with Gasteiger partial charge in [0.05, 0.1) is 0 Å². The van der Waals surface area contributed by atoms with Crippen molar-refractivity contribution in [2.24, 2.45) is 7.05 Å². The van der Waals surface area contributed by atoms with E-state index in [-0.39, 0.29) is 10.8 Å². The van der Waals surface area contributed by atoms with Crippen molar-refractivity contribution in [3.8, 4) is 0 Å². The average Bonchev–Trinajstić information content (AvgIpc) is 2.57. The summed E-state index contributed by atoms with van der Waals surface area (Å²) in [6.45, 7) is 3.48. The van der Waals surface area contributed by atoms with Gasteiger partial charge < -0.3 is 9.47 Å². The smallest absolute Gasteiger partial charge is 0.307 e. The van der Waals surface area contributed by atoms with E-state index in [0.29, 0.717) is 4.88 Å². The molecular weight excluding hydrogens is 224 g/mol. The number of likely N-dealkylation sites (tertiary alicyclic amines) is 1. The Kier molecular flexibility index (Phi) is 3.14. The third-order valence-electron chi connectivity index (χ3n) is 3.13. The molecule has 1 aromatic heterocycles. The predicted octanol–water partition coefficient (Wildman–Crippen LogP) is 1.38. The summed E-state index contributed by atoms with van der Waals surface area (Å²) in [6.07, 6.45) is 3.35. The highest BCUT2D eigenvalue weighted by atomic mass is 32.1. The number of hydrogen-bond acceptors (Lipinski definition) is 3. The standard InChI is InChI=1S/C11H16N2O2S/c1-8-9(16-11(15)12(8)2)10(14)13-6-4-3-5-7-13/h3-7H2,1-2H3. The fourth-order valence-electron chi connectivity index (χ4n) is 1.96. The van der Waals surface area contributed by atoms with Gasteiger partial charge in [-0.05, 0) is 26.2 Å². The minimum atomic E-state index is -0.0575. The summed E-state index contributed by atoms with van der Waals surface area (Å²) in [7, 11) is 1.71. The number of amides is 1. The molecule has 0 radical (unpaired) electrons. The largest absolute Gasteiger partial charge is 0.338 e. The lowest BCUT2D eigenvalue weighted by atomic mass is 10.1. The van der Waals surface area contributed by atoms with Gasteiger partial charge in [-0.15, -0.1) is 0 Å². The molecule has 1 aromatic rings. The van der Waals surface area contributed by atoms with E-state index < -0.39 is 0 Å². The average molecular weight is 240 g/mol. The van der Waals surface area contributed by atoms with Crippen LogP contribution in [0, 0.1) is 6.92 Å². The van der Waals surface area contributed by atoms with Crippen LogP contribution < -0.4 is 4.87 Å². The van der Waals surface area contributed by atoms with Gasteiger partial charge in [0, 0.05) is 25.8 Å². The molecule has 1 amide bonds. The molecule has 5 heteroatoms. The van der Waals surface area contributed by atoms with Crippen LogP contribution in [-0.4, -0.2) is 28.5 Å². The van der Waals surface area contributed by atoms with E-state index in [2.05, 4.69) is 0 Å². The van der Waals surface area contributed by atoms with E-state index in [1.54, 1.807) is 11.6 Å². The van der Waals surface area contributed by atoms with Crippen LogP contribution >= 0.6 is 11.3 Å². The predicted molar refractivity (Wildman–Crippen MR) is 64.1 cm³/mol. The van der Waals surface area contributed by atoms with Crippen LogP contribution in [0.2, 0.25) is 0 Å². The highest BCUT2D eigenvalue weighted by molar-refractivity contribution is 7.11. The summed E-state index contributed by atoms with van der Waals surface area (Å²) in [5, 5.41) is 0. The number of thiazole rings is 1. The number of carbonyl (C=O) groups excluding carboxylic acids is 1. The van der Waals surface area contributed by atoms with E-state index in [9.17, 15) is 9.59 Å². The molecule has 2 heterocycles. The lowest BCUT2D eigenvalue weighted by Crippen LogP contribution is -2.35. The molecule has 1 aliphatic heterocycles. The topological polar surface area (TPSA) is 42.3 Å². The fraction of sp³-hybridized carbons (Fsp3) is 0.636. The third kappa shape index (κ3) is 1.91. The fourth-order valence-corrected chi connectivity index (χ4v) is 2.91. The molecular formula is C11H16N2O2S. The summed E-state index contributed by atoms with van der Waals surface area (Å²) in [6, 6.07) is 0. The molecule has 4 nitrogen and oxygen atoms in total. The van der Waals surface area contributed by atoms with Crippen molar-refractivity contribution < 1.29 is 4.79 Å². The zero-order chi connectivity index (χ0) is 11.7. The van der Waals surface area contributed by atoms with Gasteiger partial charge in [-0.3, -0.25) is 9.59 Å². The van der Waals surface area contributed by atoms with Crippen molar-refractivity contribution in [1.82, 2.24) is 9.47 Å². The maximum absolute atomic E-state index is 12.2. The van der Waals surface area contributed by atoms with Crippen LogP contribution in [0.4, 0.5) is 0 Å². The summed E-state index contributed by atoms with van der Waals surface area (Å²) >= 11 is 1.06. The van der Waals surface area contributed by atoms with Crippen LogP contribution in [0.15, 0.2) is 4.79 Å². The van der Waals surface area contributed by atoms with E-state index in [0.717, 1.165) is 43.0 Å². The van der Waals surface area contributed by atoms with Crippen molar-refractivity contribution in [3.63, 3.8) is 0 Å². The molecule has 1 fully saturated rings. The molecule has 2 rings (SSSR count). The minimum absolute atomic E-state index is 0.0277. The summed E-state index contributed by atoms with van der Waals surface area (Å²) in [5.41, 5.74) is 0.783. The maximum atomic E-state index is 12.2. The third-order valence-corrected chi connectivity index (χ3v) is 4.26. The number of rotatable bonds is 1. The number of hydrogen-bond donors (Lipinski definition) is 0. The molecule has 0 aliphatic carbocycles. The second-order valence-electron chi connectivity index (χ2n) is 4.19. The van der Waals surface area contributed by atoms with Gasteiger partial charge in [0.15, 0.2) is 0 Å². The lowest BCUT2D eigenvalue weighted by Gasteiger charge is -2.26. The van der Waals surface area contributed by atoms with Crippen LogP contribution in [0.1, 0.15) is 34.6 Å². The first-order valence-corrected chi connectivity index (χ1v) is 6.38. The molecule has 0 bridgehead atoms. The van der Waals surface area contributed by atoms with Crippen molar-refractivity contribution >= 4 is 17.2 Å². The number of nitrogens with zero attached hydrogens (tertiary/aromatic N) is 2. The second kappa shape index (κ2) is 4.41. The van der Waals surface area contributed by atoms with Gasteiger partial charge in [0.1, 0.15) is 4.88 Å². The van der Waals surface area contributed by atoms with Crippen LogP contribution in [0.25, 0.3) is 0 Å². The van der Waals surface area contributed by atoms with E-state index in [1.165, 1.54) is 6.42 Å². The zero-order valence-corrected chi connectivity index (χ0v) is 10.5. The molecule has 1 saturated heterocycles. The number of carbonyl (C=O) groups is 1. The monoisotopic (exact) mass is 240 g/mol. The second-order valence-corrected chi connectivity index (χ2v) is 5.16. The number of aromatic nitrogens is 1. The molecule has 16 heavy (non-hydrogen) atoms. The van der Waals surface area contributed by atoms with Crippen LogP contribution in [-0.2, 0) is 7.05 Å². The molecule has 88 valence electrons. The lowest BCUT2D eigenvalue weighted by molar-refractivity contribution is 0.0728. The van der Waals surface area contributed by atoms with E-state index in [1.807, 2.05) is 11.8 Å². The van der Waals surface area contributed by atoms with E-state index >= 15 is 0 Å². The Hall–Kier alpha value is -1.10. The molecule has 1 aliphatic rings. The Labute approximate surface area is 98.5 Å². The normalized spacial score (nSPS) is 16.5. The van der Waals surface area contributed by atoms with Crippen molar-refractivity contribution in [2.75, 3.05) is 13.1 Å². The van der Waals surface area contributed by atoms with Gasteiger partial charge >= 0.3 is 4.87 Å². The molecule has 0 N–H and O–H groups in total. The minimum Gasteiger partial charge on any atom is -0.338 e. The summed E-state index contributed by atoms with van der Waals surface area (Å²) < 4.78 is 1.54. The Balaban J connectivity index is 2.26. The Morgan fingerprint density at radius 1 is 1.25 bits per heavy atom.